The Kier molecular flexibility index (Phi) is 5.69. The lowest BCUT2D eigenvalue weighted by Gasteiger charge is -2.05. The van der Waals surface area contributed by atoms with Crippen LogP contribution in [0.15, 0.2) is 12.1 Å². The molecule has 0 aliphatic carbocycles. The summed E-state index contributed by atoms with van der Waals surface area (Å²) in [6.45, 7) is 4.00. The fraction of sp³-hybridized carbons (Fsp3) is 0.200. The third-order valence-electron chi connectivity index (χ3n) is 1.48. The van der Waals surface area contributed by atoms with Crippen LogP contribution in [0.4, 0.5) is 14.5 Å². The van der Waals surface area contributed by atoms with Crippen LogP contribution in [0.25, 0.3) is 0 Å². The summed E-state index contributed by atoms with van der Waals surface area (Å²) in [5.74, 6) is -3.77. The molecule has 0 bridgehead atoms. The van der Waals surface area contributed by atoms with E-state index in [-0.39, 0.29) is 6.41 Å². The average Bonchev–Trinajstić information content (AvgIpc) is 2.19. The smallest absolute Gasteiger partial charge is 0.340 e. The SMILES string of the molecule is CC.O=CNc1cc(F)cc(F)c1C(=O)O. The van der Waals surface area contributed by atoms with Crippen LogP contribution in [0.3, 0.4) is 0 Å². The van der Waals surface area contributed by atoms with Crippen molar-refractivity contribution >= 4 is 18.1 Å². The Hall–Kier alpha value is -1.98. The fourth-order valence-corrected chi connectivity index (χ4v) is 0.968. The van der Waals surface area contributed by atoms with Crippen molar-refractivity contribution in [3.05, 3.63) is 29.3 Å². The molecule has 0 saturated heterocycles. The molecule has 0 fully saturated rings. The van der Waals surface area contributed by atoms with Gasteiger partial charge >= 0.3 is 5.97 Å². The minimum atomic E-state index is -1.58. The van der Waals surface area contributed by atoms with Gasteiger partial charge in [-0.15, -0.1) is 0 Å². The van der Waals surface area contributed by atoms with Crippen molar-refractivity contribution in [1.29, 1.82) is 0 Å². The summed E-state index contributed by atoms with van der Waals surface area (Å²) in [7, 11) is 0. The molecule has 0 radical (unpaired) electrons. The van der Waals surface area contributed by atoms with Crippen molar-refractivity contribution in [1.82, 2.24) is 0 Å². The quantitative estimate of drug-likeness (QED) is 0.784. The average molecular weight is 231 g/mol. The highest BCUT2D eigenvalue weighted by atomic mass is 19.1. The summed E-state index contributed by atoms with van der Waals surface area (Å²) in [5.41, 5.74) is -1.18. The Labute approximate surface area is 90.9 Å². The second-order valence-electron chi connectivity index (χ2n) is 2.38. The summed E-state index contributed by atoms with van der Waals surface area (Å²) in [6.07, 6.45) is 0.140. The van der Waals surface area contributed by atoms with Crippen molar-refractivity contribution in [2.45, 2.75) is 13.8 Å². The van der Waals surface area contributed by atoms with E-state index in [1.54, 1.807) is 0 Å². The van der Waals surface area contributed by atoms with E-state index in [0.29, 0.717) is 6.07 Å². The van der Waals surface area contributed by atoms with Gasteiger partial charge in [0.1, 0.15) is 17.2 Å². The van der Waals surface area contributed by atoms with Gasteiger partial charge in [-0.1, -0.05) is 13.8 Å². The number of anilines is 1. The monoisotopic (exact) mass is 231 g/mol. The zero-order chi connectivity index (χ0) is 12.7. The molecule has 1 aromatic carbocycles. The molecule has 0 saturated carbocycles. The van der Waals surface area contributed by atoms with Gasteiger partial charge in [0.2, 0.25) is 6.41 Å². The van der Waals surface area contributed by atoms with E-state index >= 15 is 0 Å². The molecule has 2 N–H and O–H groups in total. The molecule has 0 heterocycles. The first-order valence-corrected chi connectivity index (χ1v) is 4.48. The number of nitrogens with one attached hydrogen (secondary N) is 1. The second kappa shape index (κ2) is 6.49. The van der Waals surface area contributed by atoms with Crippen LogP contribution >= 0.6 is 0 Å². The molecule has 0 aliphatic rings. The molecule has 0 atom stereocenters. The van der Waals surface area contributed by atoms with E-state index in [1.165, 1.54) is 0 Å². The van der Waals surface area contributed by atoms with Gasteiger partial charge < -0.3 is 10.4 Å². The molecule has 88 valence electrons. The number of hydrogen-bond donors (Lipinski definition) is 2. The standard InChI is InChI=1S/C8H5F2NO3.C2H6/c9-4-1-5(10)7(8(13)14)6(2-4)11-3-12;1-2/h1-3H,(H,11,12)(H,13,14);1-2H3. The molecular weight excluding hydrogens is 220 g/mol. The molecule has 1 rings (SSSR count). The predicted octanol–water partition coefficient (Wildman–Crippen LogP) is 2.26. The van der Waals surface area contributed by atoms with Gasteiger partial charge in [0.25, 0.3) is 0 Å². The third kappa shape index (κ3) is 3.30. The highest BCUT2D eigenvalue weighted by Gasteiger charge is 2.17. The van der Waals surface area contributed by atoms with E-state index in [2.05, 4.69) is 0 Å². The normalized spacial score (nSPS) is 8.75. The van der Waals surface area contributed by atoms with E-state index in [9.17, 15) is 18.4 Å². The van der Waals surface area contributed by atoms with E-state index in [1.807, 2.05) is 19.2 Å². The van der Waals surface area contributed by atoms with E-state index in [4.69, 9.17) is 5.11 Å². The number of aromatic carboxylic acids is 1. The largest absolute Gasteiger partial charge is 0.478 e. The Morgan fingerprint density at radius 1 is 1.38 bits per heavy atom. The number of carboxylic acids is 1. The first-order chi connectivity index (χ1) is 7.56. The van der Waals surface area contributed by atoms with Crippen LogP contribution in [0.5, 0.6) is 0 Å². The summed E-state index contributed by atoms with van der Waals surface area (Å²) >= 11 is 0. The maximum Gasteiger partial charge on any atom is 0.340 e. The summed E-state index contributed by atoms with van der Waals surface area (Å²) < 4.78 is 25.5. The number of carboxylic acid groups (broad SMARTS) is 1. The van der Waals surface area contributed by atoms with Gasteiger partial charge in [0.15, 0.2) is 0 Å². The maximum absolute atomic E-state index is 12.9. The van der Waals surface area contributed by atoms with Gasteiger partial charge in [-0.05, 0) is 6.07 Å². The first kappa shape index (κ1) is 14.0. The number of halogens is 2. The summed E-state index contributed by atoms with van der Waals surface area (Å²) in [5, 5.41) is 10.4. The topological polar surface area (TPSA) is 66.4 Å². The lowest BCUT2D eigenvalue weighted by molar-refractivity contribution is -0.105. The van der Waals surface area contributed by atoms with Crippen molar-refractivity contribution in [3.63, 3.8) is 0 Å². The number of rotatable bonds is 3. The Bertz CT molecular complexity index is 394. The van der Waals surface area contributed by atoms with Crippen molar-refractivity contribution in [2.24, 2.45) is 0 Å². The third-order valence-corrected chi connectivity index (χ3v) is 1.48. The van der Waals surface area contributed by atoms with E-state index < -0.39 is 28.9 Å². The molecule has 0 aromatic heterocycles. The van der Waals surface area contributed by atoms with Crippen molar-refractivity contribution in [2.75, 3.05) is 5.32 Å². The lowest BCUT2D eigenvalue weighted by Crippen LogP contribution is -2.08. The molecule has 6 heteroatoms. The zero-order valence-electron chi connectivity index (χ0n) is 8.75. The Balaban J connectivity index is 0.00000106. The number of benzene rings is 1. The number of hydrogen-bond acceptors (Lipinski definition) is 2. The minimum Gasteiger partial charge on any atom is -0.478 e. The van der Waals surface area contributed by atoms with Gasteiger partial charge in [0.05, 0.1) is 5.69 Å². The van der Waals surface area contributed by atoms with Gasteiger partial charge in [-0.2, -0.15) is 0 Å². The first-order valence-electron chi connectivity index (χ1n) is 4.48. The number of carbonyl (C=O) groups is 2. The van der Waals surface area contributed by atoms with Gasteiger partial charge in [-0.3, -0.25) is 4.79 Å². The molecule has 0 unspecified atom stereocenters. The van der Waals surface area contributed by atoms with Crippen molar-refractivity contribution in [3.8, 4) is 0 Å². The minimum absolute atomic E-state index is 0.140. The molecule has 0 aliphatic heterocycles. The summed E-state index contributed by atoms with van der Waals surface area (Å²) in [6, 6.07) is 1.15. The molecular formula is C10H11F2NO3. The van der Waals surface area contributed by atoms with Crippen LogP contribution in [-0.2, 0) is 4.79 Å². The lowest BCUT2D eigenvalue weighted by atomic mass is 10.1. The van der Waals surface area contributed by atoms with Crippen molar-refractivity contribution < 1.29 is 23.5 Å². The van der Waals surface area contributed by atoms with Crippen LogP contribution in [0.1, 0.15) is 24.2 Å². The van der Waals surface area contributed by atoms with Gasteiger partial charge in [0, 0.05) is 6.07 Å². The van der Waals surface area contributed by atoms with Crippen LogP contribution in [-0.4, -0.2) is 17.5 Å². The Morgan fingerprint density at radius 2 is 1.94 bits per heavy atom. The summed E-state index contributed by atoms with van der Waals surface area (Å²) in [4.78, 5) is 20.5. The molecule has 16 heavy (non-hydrogen) atoms. The number of amides is 1. The predicted molar refractivity (Wildman–Crippen MR) is 54.4 cm³/mol. The maximum atomic E-state index is 12.9. The van der Waals surface area contributed by atoms with Gasteiger partial charge in [-0.25, -0.2) is 13.6 Å². The highest BCUT2D eigenvalue weighted by Crippen LogP contribution is 2.20. The van der Waals surface area contributed by atoms with Crippen LogP contribution < -0.4 is 5.32 Å². The highest BCUT2D eigenvalue weighted by molar-refractivity contribution is 5.96. The molecule has 1 aromatic rings. The number of carbonyl (C=O) groups excluding carboxylic acids is 1. The Morgan fingerprint density at radius 3 is 2.38 bits per heavy atom. The van der Waals surface area contributed by atoms with Crippen LogP contribution in [0.2, 0.25) is 0 Å². The molecule has 1 amide bonds. The second-order valence-corrected chi connectivity index (χ2v) is 2.38. The molecule has 4 nitrogen and oxygen atoms in total. The van der Waals surface area contributed by atoms with E-state index in [0.717, 1.165) is 6.07 Å². The zero-order valence-corrected chi connectivity index (χ0v) is 8.75. The fourth-order valence-electron chi connectivity index (χ4n) is 0.968. The molecule has 0 spiro atoms. The van der Waals surface area contributed by atoms with Crippen LogP contribution in [0, 0.1) is 11.6 Å².